The van der Waals surface area contributed by atoms with E-state index in [1.54, 1.807) is 6.92 Å². The highest BCUT2D eigenvalue weighted by molar-refractivity contribution is 7.91. The molecule has 0 saturated carbocycles. The monoisotopic (exact) mass is 284 g/mol. The van der Waals surface area contributed by atoms with Gasteiger partial charge in [0.2, 0.25) is 0 Å². The van der Waals surface area contributed by atoms with Crippen molar-refractivity contribution in [3.05, 3.63) is 29.8 Å². The van der Waals surface area contributed by atoms with Gasteiger partial charge in [-0.1, -0.05) is 32.0 Å². The van der Waals surface area contributed by atoms with Crippen molar-refractivity contribution in [3.8, 4) is 0 Å². The lowest BCUT2D eigenvalue weighted by Crippen LogP contribution is -2.26. The Balaban J connectivity index is 2.49. The Labute approximate surface area is 116 Å². The van der Waals surface area contributed by atoms with Crippen LogP contribution in [0, 0.1) is 0 Å². The van der Waals surface area contributed by atoms with Gasteiger partial charge in [0.05, 0.1) is 5.75 Å². The molecule has 0 aliphatic heterocycles. The highest BCUT2D eigenvalue weighted by Crippen LogP contribution is 2.13. The standard InChI is InChI=1S/C14H24N2O2S/c1-3-16(10-7-11-19(17,18)4-2)12-13-8-5-6-9-14(13)15/h5-6,8-9H,3-4,7,10-12,15H2,1-2H3. The van der Waals surface area contributed by atoms with Gasteiger partial charge in [0.15, 0.2) is 0 Å². The zero-order chi connectivity index (χ0) is 14.3. The molecule has 0 radical (unpaired) electrons. The number of hydrogen-bond acceptors (Lipinski definition) is 4. The van der Waals surface area contributed by atoms with Crippen LogP contribution in [0.4, 0.5) is 5.69 Å². The molecule has 0 saturated heterocycles. The summed E-state index contributed by atoms with van der Waals surface area (Å²) < 4.78 is 22.9. The molecule has 5 heteroatoms. The summed E-state index contributed by atoms with van der Waals surface area (Å²) in [5, 5.41) is 0. The Morgan fingerprint density at radius 3 is 2.47 bits per heavy atom. The first-order valence-electron chi connectivity index (χ1n) is 6.74. The van der Waals surface area contributed by atoms with Crippen molar-refractivity contribution >= 4 is 15.5 Å². The lowest BCUT2D eigenvalue weighted by Gasteiger charge is -2.21. The van der Waals surface area contributed by atoms with E-state index in [2.05, 4.69) is 11.8 Å². The molecule has 0 atom stereocenters. The first kappa shape index (κ1) is 16.0. The smallest absolute Gasteiger partial charge is 0.150 e. The molecule has 19 heavy (non-hydrogen) atoms. The Bertz CT molecular complexity index is 486. The Kier molecular flexibility index (Phi) is 6.31. The van der Waals surface area contributed by atoms with Crippen LogP contribution < -0.4 is 5.73 Å². The number of nitrogen functional groups attached to an aromatic ring is 1. The third-order valence-corrected chi connectivity index (χ3v) is 5.06. The van der Waals surface area contributed by atoms with Crippen molar-refractivity contribution in [2.45, 2.75) is 26.8 Å². The minimum absolute atomic E-state index is 0.227. The number of rotatable bonds is 8. The van der Waals surface area contributed by atoms with Crippen molar-refractivity contribution in [3.63, 3.8) is 0 Å². The van der Waals surface area contributed by atoms with Crippen molar-refractivity contribution in [1.29, 1.82) is 0 Å². The Hall–Kier alpha value is -1.07. The highest BCUT2D eigenvalue weighted by atomic mass is 32.2. The van der Waals surface area contributed by atoms with Crippen LogP contribution >= 0.6 is 0 Å². The lowest BCUT2D eigenvalue weighted by atomic mass is 10.1. The molecule has 0 unspecified atom stereocenters. The van der Waals surface area contributed by atoms with Gasteiger partial charge in [-0.3, -0.25) is 4.90 Å². The van der Waals surface area contributed by atoms with Crippen LogP contribution in [0.2, 0.25) is 0 Å². The molecule has 0 spiro atoms. The van der Waals surface area contributed by atoms with Gasteiger partial charge in [0.25, 0.3) is 0 Å². The maximum Gasteiger partial charge on any atom is 0.150 e. The average molecular weight is 284 g/mol. The number of hydrogen-bond donors (Lipinski definition) is 1. The van der Waals surface area contributed by atoms with E-state index in [9.17, 15) is 8.42 Å². The number of nitrogens with two attached hydrogens (primary N) is 1. The molecule has 108 valence electrons. The molecule has 4 nitrogen and oxygen atoms in total. The molecule has 0 heterocycles. The van der Waals surface area contributed by atoms with E-state index in [0.717, 1.165) is 30.9 Å². The fourth-order valence-corrected chi connectivity index (χ4v) is 2.78. The first-order valence-corrected chi connectivity index (χ1v) is 8.56. The second kappa shape index (κ2) is 7.50. The molecule has 1 aromatic rings. The topological polar surface area (TPSA) is 63.4 Å². The molecular weight excluding hydrogens is 260 g/mol. The lowest BCUT2D eigenvalue weighted by molar-refractivity contribution is 0.281. The summed E-state index contributed by atoms with van der Waals surface area (Å²) in [6.07, 6.45) is 0.677. The second-order valence-corrected chi connectivity index (χ2v) is 7.13. The summed E-state index contributed by atoms with van der Waals surface area (Å²) in [5.41, 5.74) is 7.81. The average Bonchev–Trinajstić information content (AvgIpc) is 2.39. The molecule has 0 aliphatic rings. The largest absolute Gasteiger partial charge is 0.398 e. The van der Waals surface area contributed by atoms with E-state index in [1.165, 1.54) is 0 Å². The molecule has 2 N–H and O–H groups in total. The summed E-state index contributed by atoms with van der Waals surface area (Å²) in [7, 11) is -2.86. The molecule has 0 fully saturated rings. The first-order chi connectivity index (χ1) is 8.98. The van der Waals surface area contributed by atoms with E-state index in [0.29, 0.717) is 6.42 Å². The van der Waals surface area contributed by atoms with Gasteiger partial charge in [-0.2, -0.15) is 0 Å². The molecule has 1 aromatic carbocycles. The number of anilines is 1. The van der Waals surface area contributed by atoms with E-state index < -0.39 is 9.84 Å². The van der Waals surface area contributed by atoms with Gasteiger partial charge in [-0.15, -0.1) is 0 Å². The fraction of sp³-hybridized carbons (Fsp3) is 0.571. The molecule has 1 rings (SSSR count). The maximum atomic E-state index is 11.4. The van der Waals surface area contributed by atoms with Crippen molar-refractivity contribution in [1.82, 2.24) is 4.90 Å². The van der Waals surface area contributed by atoms with Gasteiger partial charge in [-0.05, 0) is 31.1 Å². The van der Waals surface area contributed by atoms with E-state index in [1.807, 2.05) is 24.3 Å². The third kappa shape index (κ3) is 5.61. The SMILES string of the molecule is CCN(CCCS(=O)(=O)CC)Cc1ccccc1N. The van der Waals surface area contributed by atoms with Crippen LogP contribution in [0.15, 0.2) is 24.3 Å². The molecule has 0 aliphatic carbocycles. The van der Waals surface area contributed by atoms with Gasteiger partial charge in [0.1, 0.15) is 9.84 Å². The summed E-state index contributed by atoms with van der Waals surface area (Å²) in [5.74, 6) is 0.495. The van der Waals surface area contributed by atoms with Crippen LogP contribution in [0.5, 0.6) is 0 Å². The van der Waals surface area contributed by atoms with Gasteiger partial charge >= 0.3 is 0 Å². The normalized spacial score (nSPS) is 11.9. The predicted molar refractivity (Wildman–Crippen MR) is 80.8 cm³/mol. The van der Waals surface area contributed by atoms with Crippen molar-refractivity contribution < 1.29 is 8.42 Å². The van der Waals surface area contributed by atoms with Gasteiger partial charge in [0, 0.05) is 18.0 Å². The summed E-state index contributed by atoms with van der Waals surface area (Å²) in [6, 6.07) is 7.80. The maximum absolute atomic E-state index is 11.4. The quantitative estimate of drug-likeness (QED) is 0.741. The van der Waals surface area contributed by atoms with Gasteiger partial charge < -0.3 is 5.73 Å². The van der Waals surface area contributed by atoms with Crippen LogP contribution in [-0.4, -0.2) is 37.9 Å². The number of para-hydroxylation sites is 1. The molecule has 0 aromatic heterocycles. The zero-order valence-corrected chi connectivity index (χ0v) is 12.6. The predicted octanol–water partition coefficient (Wildman–Crippen LogP) is 1.92. The summed E-state index contributed by atoms with van der Waals surface area (Å²) in [4.78, 5) is 2.22. The zero-order valence-electron chi connectivity index (χ0n) is 11.8. The van der Waals surface area contributed by atoms with E-state index in [-0.39, 0.29) is 11.5 Å². The van der Waals surface area contributed by atoms with Crippen LogP contribution in [0.25, 0.3) is 0 Å². The highest BCUT2D eigenvalue weighted by Gasteiger charge is 2.10. The van der Waals surface area contributed by atoms with Crippen LogP contribution in [-0.2, 0) is 16.4 Å². The molecular formula is C14H24N2O2S. The number of sulfone groups is 1. The molecule has 0 amide bonds. The molecule has 0 bridgehead atoms. The second-order valence-electron chi connectivity index (χ2n) is 4.66. The minimum atomic E-state index is -2.86. The van der Waals surface area contributed by atoms with Crippen LogP contribution in [0.1, 0.15) is 25.8 Å². The number of nitrogens with zero attached hydrogens (tertiary/aromatic N) is 1. The number of benzene rings is 1. The van der Waals surface area contributed by atoms with Gasteiger partial charge in [-0.25, -0.2) is 8.42 Å². The van der Waals surface area contributed by atoms with E-state index in [4.69, 9.17) is 5.73 Å². The summed E-state index contributed by atoms with van der Waals surface area (Å²) >= 11 is 0. The minimum Gasteiger partial charge on any atom is -0.398 e. The van der Waals surface area contributed by atoms with Crippen LogP contribution in [0.3, 0.4) is 0 Å². The Morgan fingerprint density at radius 1 is 1.21 bits per heavy atom. The van der Waals surface area contributed by atoms with E-state index >= 15 is 0 Å². The Morgan fingerprint density at radius 2 is 1.89 bits per heavy atom. The third-order valence-electron chi connectivity index (χ3n) is 3.27. The fourth-order valence-electron chi connectivity index (χ4n) is 1.92. The van der Waals surface area contributed by atoms with Crippen molar-refractivity contribution in [2.24, 2.45) is 0 Å². The summed E-state index contributed by atoms with van der Waals surface area (Å²) in [6.45, 7) is 6.21. The van der Waals surface area contributed by atoms with Crippen molar-refractivity contribution in [2.75, 3.05) is 30.3 Å².